The number of pyridine rings is 1. The van der Waals surface area contributed by atoms with Crippen LogP contribution >= 0.6 is 0 Å². The molecule has 1 amide bonds. The first-order valence-corrected chi connectivity index (χ1v) is 4.98. The molecule has 82 valence electrons. The summed E-state index contributed by atoms with van der Waals surface area (Å²) in [5.74, 6) is 0.271. The Balaban J connectivity index is 2.25. The van der Waals surface area contributed by atoms with Crippen LogP contribution in [0.3, 0.4) is 0 Å². The van der Waals surface area contributed by atoms with Gasteiger partial charge in [0.15, 0.2) is 0 Å². The molecule has 4 heteroatoms. The second-order valence-corrected chi connectivity index (χ2v) is 3.76. The summed E-state index contributed by atoms with van der Waals surface area (Å²) < 4.78 is 0. The van der Waals surface area contributed by atoms with Gasteiger partial charge in [0.2, 0.25) is 5.91 Å². The van der Waals surface area contributed by atoms with E-state index in [2.05, 4.69) is 10.5 Å². The van der Waals surface area contributed by atoms with Gasteiger partial charge in [0, 0.05) is 12.4 Å². The molecule has 1 rings (SSSR count). The normalized spacial score (nSPS) is 10.3. The van der Waals surface area contributed by atoms with Crippen LogP contribution in [0.1, 0.15) is 19.4 Å². The molecule has 0 atom stereocenters. The van der Waals surface area contributed by atoms with Gasteiger partial charge in [0.25, 0.3) is 0 Å². The number of aromatic nitrogens is 1. The molecule has 1 aromatic rings. The van der Waals surface area contributed by atoms with Crippen LogP contribution in [-0.2, 0) is 16.1 Å². The van der Waals surface area contributed by atoms with Crippen molar-refractivity contribution in [2.45, 2.75) is 20.3 Å². The Labute approximate surface area is 89.6 Å². The van der Waals surface area contributed by atoms with Crippen LogP contribution in [-0.4, -0.2) is 17.5 Å². The van der Waals surface area contributed by atoms with E-state index in [4.69, 9.17) is 4.84 Å². The van der Waals surface area contributed by atoms with Crippen molar-refractivity contribution in [2.24, 2.45) is 5.92 Å². The first-order valence-electron chi connectivity index (χ1n) is 4.98. The zero-order valence-corrected chi connectivity index (χ0v) is 9.06. The minimum atomic E-state index is -0.137. The number of hydroxylamine groups is 1. The SMILES string of the molecule is CC(C)CONC(=O)Cc1ccncc1. The number of hydrogen-bond donors (Lipinski definition) is 1. The molecule has 0 aliphatic heterocycles. The summed E-state index contributed by atoms with van der Waals surface area (Å²) in [4.78, 5) is 20.2. The highest BCUT2D eigenvalue weighted by atomic mass is 16.6. The van der Waals surface area contributed by atoms with Gasteiger partial charge in [-0.2, -0.15) is 0 Å². The summed E-state index contributed by atoms with van der Waals surface area (Å²) in [6.45, 7) is 4.58. The molecule has 0 aliphatic carbocycles. The van der Waals surface area contributed by atoms with E-state index in [-0.39, 0.29) is 5.91 Å². The highest BCUT2D eigenvalue weighted by Gasteiger charge is 2.03. The van der Waals surface area contributed by atoms with Crippen molar-refractivity contribution >= 4 is 5.91 Å². The zero-order chi connectivity index (χ0) is 11.1. The average Bonchev–Trinajstić information content (AvgIpc) is 2.18. The van der Waals surface area contributed by atoms with E-state index in [9.17, 15) is 4.79 Å². The van der Waals surface area contributed by atoms with Crippen molar-refractivity contribution in [1.82, 2.24) is 10.5 Å². The lowest BCUT2D eigenvalue weighted by Crippen LogP contribution is -2.27. The highest BCUT2D eigenvalue weighted by Crippen LogP contribution is 1.97. The first-order chi connectivity index (χ1) is 7.18. The number of carbonyl (C=O) groups excluding carboxylic acids is 1. The lowest BCUT2D eigenvalue weighted by atomic mass is 10.2. The van der Waals surface area contributed by atoms with Crippen molar-refractivity contribution in [3.05, 3.63) is 30.1 Å². The molecule has 4 nitrogen and oxygen atoms in total. The number of amides is 1. The summed E-state index contributed by atoms with van der Waals surface area (Å²) in [5, 5.41) is 0. The minimum Gasteiger partial charge on any atom is -0.273 e. The molecule has 0 bridgehead atoms. The Bertz CT molecular complexity index is 299. The van der Waals surface area contributed by atoms with Crippen molar-refractivity contribution in [2.75, 3.05) is 6.61 Å². The molecular formula is C11H16N2O2. The minimum absolute atomic E-state index is 0.137. The van der Waals surface area contributed by atoms with E-state index < -0.39 is 0 Å². The fourth-order valence-electron chi connectivity index (χ4n) is 1.01. The largest absolute Gasteiger partial charge is 0.273 e. The molecule has 1 N–H and O–H groups in total. The molecule has 0 saturated carbocycles. The molecule has 0 saturated heterocycles. The molecule has 1 aromatic heterocycles. The summed E-state index contributed by atoms with van der Waals surface area (Å²) in [7, 11) is 0. The number of carbonyl (C=O) groups is 1. The average molecular weight is 208 g/mol. The van der Waals surface area contributed by atoms with Gasteiger partial charge in [-0.3, -0.25) is 14.6 Å². The molecule has 1 heterocycles. The number of hydrogen-bond acceptors (Lipinski definition) is 3. The monoisotopic (exact) mass is 208 g/mol. The van der Waals surface area contributed by atoms with Gasteiger partial charge in [0.05, 0.1) is 13.0 Å². The summed E-state index contributed by atoms with van der Waals surface area (Å²) >= 11 is 0. The van der Waals surface area contributed by atoms with Crippen LogP contribution in [0.2, 0.25) is 0 Å². The maximum Gasteiger partial charge on any atom is 0.247 e. The van der Waals surface area contributed by atoms with Crippen LogP contribution in [0, 0.1) is 5.92 Å². The molecule has 0 radical (unpaired) electrons. The maximum absolute atomic E-state index is 11.3. The molecular weight excluding hydrogens is 192 g/mol. The Kier molecular flexibility index (Phi) is 4.77. The third-order valence-corrected chi connectivity index (χ3v) is 1.72. The van der Waals surface area contributed by atoms with Gasteiger partial charge in [-0.25, -0.2) is 5.48 Å². The molecule has 0 unspecified atom stereocenters. The third kappa shape index (κ3) is 5.12. The van der Waals surface area contributed by atoms with Crippen LogP contribution in [0.4, 0.5) is 0 Å². The van der Waals surface area contributed by atoms with Crippen LogP contribution in [0.5, 0.6) is 0 Å². The summed E-state index contributed by atoms with van der Waals surface area (Å²) in [6.07, 6.45) is 3.65. The molecule has 15 heavy (non-hydrogen) atoms. The lowest BCUT2D eigenvalue weighted by Gasteiger charge is -2.07. The second kappa shape index (κ2) is 6.14. The predicted octanol–water partition coefficient (Wildman–Crippen LogP) is 1.33. The fourth-order valence-corrected chi connectivity index (χ4v) is 1.01. The van der Waals surface area contributed by atoms with E-state index in [0.29, 0.717) is 18.9 Å². The van der Waals surface area contributed by atoms with Gasteiger partial charge in [-0.05, 0) is 23.6 Å². The summed E-state index contributed by atoms with van der Waals surface area (Å²) in [5.41, 5.74) is 3.33. The van der Waals surface area contributed by atoms with E-state index in [1.165, 1.54) is 0 Å². The van der Waals surface area contributed by atoms with E-state index >= 15 is 0 Å². The summed E-state index contributed by atoms with van der Waals surface area (Å²) in [6, 6.07) is 3.62. The van der Waals surface area contributed by atoms with Gasteiger partial charge < -0.3 is 0 Å². The predicted molar refractivity (Wildman–Crippen MR) is 56.9 cm³/mol. The van der Waals surface area contributed by atoms with Crippen molar-refractivity contribution in [1.29, 1.82) is 0 Å². The lowest BCUT2D eigenvalue weighted by molar-refractivity contribution is -0.133. The molecule has 0 spiro atoms. The molecule has 0 fully saturated rings. The third-order valence-electron chi connectivity index (χ3n) is 1.72. The Morgan fingerprint density at radius 3 is 2.73 bits per heavy atom. The number of nitrogens with zero attached hydrogens (tertiary/aromatic N) is 1. The number of rotatable bonds is 5. The van der Waals surface area contributed by atoms with Crippen LogP contribution in [0.25, 0.3) is 0 Å². The maximum atomic E-state index is 11.3. The van der Waals surface area contributed by atoms with Crippen LogP contribution < -0.4 is 5.48 Å². The van der Waals surface area contributed by atoms with Gasteiger partial charge >= 0.3 is 0 Å². The van der Waals surface area contributed by atoms with Crippen molar-refractivity contribution in [3.8, 4) is 0 Å². The van der Waals surface area contributed by atoms with E-state index in [0.717, 1.165) is 5.56 Å². The van der Waals surface area contributed by atoms with E-state index in [1.807, 2.05) is 26.0 Å². The van der Waals surface area contributed by atoms with Gasteiger partial charge in [-0.1, -0.05) is 13.8 Å². The standard InChI is InChI=1S/C11H16N2O2/c1-9(2)8-15-13-11(14)7-10-3-5-12-6-4-10/h3-6,9H,7-8H2,1-2H3,(H,13,14). The van der Waals surface area contributed by atoms with Gasteiger partial charge in [0.1, 0.15) is 0 Å². The number of nitrogens with one attached hydrogen (secondary N) is 1. The topological polar surface area (TPSA) is 51.2 Å². The van der Waals surface area contributed by atoms with Crippen LogP contribution in [0.15, 0.2) is 24.5 Å². The fraction of sp³-hybridized carbons (Fsp3) is 0.455. The second-order valence-electron chi connectivity index (χ2n) is 3.76. The highest BCUT2D eigenvalue weighted by molar-refractivity contribution is 5.77. The quantitative estimate of drug-likeness (QED) is 0.743. The smallest absolute Gasteiger partial charge is 0.247 e. The molecule has 0 aromatic carbocycles. The molecule has 0 aliphatic rings. The Hall–Kier alpha value is -1.42. The van der Waals surface area contributed by atoms with E-state index in [1.54, 1.807) is 12.4 Å². The Morgan fingerprint density at radius 2 is 2.13 bits per heavy atom. The van der Waals surface area contributed by atoms with Crippen molar-refractivity contribution in [3.63, 3.8) is 0 Å². The first kappa shape index (κ1) is 11.7. The van der Waals surface area contributed by atoms with Crippen molar-refractivity contribution < 1.29 is 9.63 Å². The Morgan fingerprint density at radius 1 is 1.47 bits per heavy atom. The van der Waals surface area contributed by atoms with Gasteiger partial charge in [-0.15, -0.1) is 0 Å². The zero-order valence-electron chi connectivity index (χ0n) is 9.06.